The highest BCUT2D eigenvalue weighted by molar-refractivity contribution is 14.0. The lowest BCUT2D eigenvalue weighted by molar-refractivity contribution is 0.448. The molecule has 2 heterocycles. The smallest absolute Gasteiger partial charge is 0.194 e. The van der Waals surface area contributed by atoms with Gasteiger partial charge in [0, 0.05) is 44.4 Å². The number of hydrogen-bond acceptors (Lipinski definition) is 5. The Morgan fingerprint density at radius 2 is 2.12 bits per heavy atom. The van der Waals surface area contributed by atoms with Crippen LogP contribution in [0, 0.1) is 0 Å². The van der Waals surface area contributed by atoms with Gasteiger partial charge >= 0.3 is 0 Å². The molecule has 0 amide bonds. The maximum absolute atomic E-state index is 4.74. The first-order valence-corrected chi connectivity index (χ1v) is 9.46. The third-order valence-corrected chi connectivity index (χ3v) is 4.70. The Morgan fingerprint density at radius 3 is 2.65 bits per heavy atom. The normalized spacial score (nSPS) is 12.0. The fourth-order valence-electron chi connectivity index (χ4n) is 2.25. The molecule has 0 aromatic carbocycles. The van der Waals surface area contributed by atoms with E-state index in [0.29, 0.717) is 13.1 Å². The monoisotopic (exact) mass is 491 g/mol. The van der Waals surface area contributed by atoms with E-state index in [-0.39, 0.29) is 29.4 Å². The summed E-state index contributed by atoms with van der Waals surface area (Å²) in [6.45, 7) is 10.8. The zero-order chi connectivity index (χ0) is 18.4. The molecule has 0 aliphatic rings. The molecule has 2 aromatic rings. The minimum absolute atomic E-state index is 0. The first-order valence-electron chi connectivity index (χ1n) is 8.58. The van der Waals surface area contributed by atoms with E-state index in [1.165, 1.54) is 0 Å². The van der Waals surface area contributed by atoms with Gasteiger partial charge in [0.05, 0.1) is 17.2 Å². The largest absolute Gasteiger partial charge is 0.357 e. The van der Waals surface area contributed by atoms with E-state index in [1.807, 2.05) is 14.1 Å². The zero-order valence-electron chi connectivity index (χ0n) is 16.5. The number of rotatable bonds is 6. The molecule has 0 saturated heterocycles. The summed E-state index contributed by atoms with van der Waals surface area (Å²) in [5.74, 6) is 1.78. The van der Waals surface area contributed by atoms with Crippen LogP contribution in [0.4, 0.5) is 0 Å². The van der Waals surface area contributed by atoms with Crippen molar-refractivity contribution in [1.82, 2.24) is 30.0 Å². The predicted octanol–water partition coefficient (Wildman–Crippen LogP) is 2.83. The summed E-state index contributed by atoms with van der Waals surface area (Å²) in [4.78, 5) is 15.8. The van der Waals surface area contributed by atoms with E-state index >= 15 is 0 Å². The summed E-state index contributed by atoms with van der Waals surface area (Å²) in [6, 6.07) is 0. The fraction of sp³-hybridized carbons (Fsp3) is 0.647. The van der Waals surface area contributed by atoms with E-state index in [1.54, 1.807) is 22.3 Å². The second kappa shape index (κ2) is 10.2. The molecule has 0 spiro atoms. The van der Waals surface area contributed by atoms with Gasteiger partial charge in [-0.15, -0.1) is 35.3 Å². The summed E-state index contributed by atoms with van der Waals surface area (Å²) in [6.07, 6.45) is 2.43. The van der Waals surface area contributed by atoms with Gasteiger partial charge in [0.25, 0.3) is 0 Å². The molecule has 1 N–H and O–H groups in total. The molecular formula is C17H30IN7S. The lowest BCUT2D eigenvalue weighted by Gasteiger charge is -2.21. The number of thiazole rings is 1. The van der Waals surface area contributed by atoms with E-state index in [4.69, 9.17) is 9.98 Å². The number of hydrogen-bond donors (Lipinski definition) is 1. The second-order valence-electron chi connectivity index (χ2n) is 7.02. The number of nitrogens with zero attached hydrogens (tertiary/aromatic N) is 6. The van der Waals surface area contributed by atoms with Gasteiger partial charge < -0.3 is 10.2 Å². The Labute approximate surface area is 177 Å². The van der Waals surface area contributed by atoms with Crippen LogP contribution >= 0.6 is 35.3 Å². The lowest BCUT2D eigenvalue weighted by Crippen LogP contribution is -2.39. The van der Waals surface area contributed by atoms with Crippen LogP contribution in [-0.4, -0.2) is 50.7 Å². The molecule has 146 valence electrons. The molecule has 0 unspecified atom stereocenters. The Morgan fingerprint density at radius 1 is 1.38 bits per heavy atom. The fourth-order valence-corrected chi connectivity index (χ4v) is 3.26. The second-order valence-corrected chi connectivity index (χ2v) is 7.96. The van der Waals surface area contributed by atoms with Crippen molar-refractivity contribution < 1.29 is 0 Å². The number of guanidine groups is 1. The van der Waals surface area contributed by atoms with Crippen LogP contribution in [0.15, 0.2) is 16.7 Å². The zero-order valence-corrected chi connectivity index (χ0v) is 19.6. The van der Waals surface area contributed by atoms with Crippen molar-refractivity contribution in [2.45, 2.75) is 46.1 Å². The van der Waals surface area contributed by atoms with E-state index in [0.717, 1.165) is 35.5 Å². The highest BCUT2D eigenvalue weighted by atomic mass is 127. The molecule has 7 nitrogen and oxygen atoms in total. The van der Waals surface area contributed by atoms with Crippen LogP contribution in [0.5, 0.6) is 0 Å². The molecular weight excluding hydrogens is 461 g/mol. The minimum atomic E-state index is 0. The Kier molecular flexibility index (Phi) is 8.94. The van der Waals surface area contributed by atoms with E-state index in [9.17, 15) is 0 Å². The van der Waals surface area contributed by atoms with Gasteiger partial charge in [0.15, 0.2) is 5.96 Å². The first kappa shape index (κ1) is 22.8. The number of aryl methyl sites for hydroxylation is 1. The van der Waals surface area contributed by atoms with Crippen LogP contribution in [0.25, 0.3) is 0 Å². The molecule has 26 heavy (non-hydrogen) atoms. The Balaban J connectivity index is 0.00000338. The van der Waals surface area contributed by atoms with Crippen LogP contribution < -0.4 is 5.32 Å². The van der Waals surface area contributed by atoms with Crippen LogP contribution in [0.2, 0.25) is 0 Å². The van der Waals surface area contributed by atoms with E-state index in [2.05, 4.69) is 53.4 Å². The number of halogens is 1. The van der Waals surface area contributed by atoms with Gasteiger partial charge in [-0.05, 0) is 6.92 Å². The van der Waals surface area contributed by atoms with Crippen molar-refractivity contribution in [3.05, 3.63) is 28.2 Å². The maximum Gasteiger partial charge on any atom is 0.194 e. The summed E-state index contributed by atoms with van der Waals surface area (Å²) in [7, 11) is 3.91. The molecule has 0 radical (unpaired) electrons. The molecule has 0 aliphatic carbocycles. The van der Waals surface area contributed by atoms with Crippen molar-refractivity contribution in [3.8, 4) is 0 Å². The highest BCUT2D eigenvalue weighted by Gasteiger charge is 2.17. The maximum atomic E-state index is 4.74. The SMILES string of the molecule is CCNC(=NCCc1nc(C(C)(C)C)cs1)N(C)Cc1ncnn1C.I. The van der Waals surface area contributed by atoms with Gasteiger partial charge in [-0.2, -0.15) is 5.10 Å². The quantitative estimate of drug-likeness (QED) is 0.383. The first-order chi connectivity index (χ1) is 11.8. The van der Waals surface area contributed by atoms with Gasteiger partial charge in [0.1, 0.15) is 12.2 Å². The van der Waals surface area contributed by atoms with Crippen LogP contribution in [0.1, 0.15) is 44.2 Å². The molecule has 0 saturated carbocycles. The average molecular weight is 491 g/mol. The van der Waals surface area contributed by atoms with E-state index < -0.39 is 0 Å². The molecule has 2 aromatic heterocycles. The molecule has 9 heteroatoms. The summed E-state index contributed by atoms with van der Waals surface area (Å²) < 4.78 is 1.78. The highest BCUT2D eigenvalue weighted by Crippen LogP contribution is 2.24. The summed E-state index contributed by atoms with van der Waals surface area (Å²) in [5, 5.41) is 10.7. The summed E-state index contributed by atoms with van der Waals surface area (Å²) in [5.41, 5.74) is 1.26. The Hall–Kier alpha value is -1.23. The molecule has 0 bridgehead atoms. The number of aromatic nitrogens is 4. The molecule has 0 fully saturated rings. The van der Waals surface area contributed by atoms with Gasteiger partial charge in [0.2, 0.25) is 0 Å². The van der Waals surface area contributed by atoms with Crippen molar-refractivity contribution in [2.75, 3.05) is 20.1 Å². The van der Waals surface area contributed by atoms with Crippen molar-refractivity contribution in [1.29, 1.82) is 0 Å². The standard InChI is InChI=1S/C17H29N7S.HI/c1-7-18-16(23(5)10-14-20-12-21-24(14)6)19-9-8-15-22-13(11-25-15)17(2,3)4;/h11-12H,7-10H2,1-6H3,(H,18,19);1H. The average Bonchev–Trinajstić information content (AvgIpc) is 3.16. The van der Waals surface area contributed by atoms with Crippen molar-refractivity contribution in [3.63, 3.8) is 0 Å². The van der Waals surface area contributed by atoms with Gasteiger partial charge in [-0.1, -0.05) is 20.8 Å². The summed E-state index contributed by atoms with van der Waals surface area (Å²) >= 11 is 1.72. The minimum Gasteiger partial charge on any atom is -0.357 e. The number of nitrogens with one attached hydrogen (secondary N) is 1. The Bertz CT molecular complexity index is 702. The van der Waals surface area contributed by atoms with Crippen molar-refractivity contribution >= 4 is 41.3 Å². The topological polar surface area (TPSA) is 71.2 Å². The lowest BCUT2D eigenvalue weighted by atomic mass is 9.93. The third kappa shape index (κ3) is 6.49. The van der Waals surface area contributed by atoms with Crippen LogP contribution in [0.3, 0.4) is 0 Å². The van der Waals surface area contributed by atoms with Gasteiger partial charge in [-0.25, -0.2) is 9.97 Å². The predicted molar refractivity (Wildman–Crippen MR) is 118 cm³/mol. The number of aliphatic imine (C=N–C) groups is 1. The van der Waals surface area contributed by atoms with Crippen LogP contribution in [-0.2, 0) is 25.4 Å². The molecule has 0 aliphatic heterocycles. The van der Waals surface area contributed by atoms with Gasteiger partial charge in [-0.3, -0.25) is 9.67 Å². The van der Waals surface area contributed by atoms with Crippen molar-refractivity contribution in [2.24, 2.45) is 12.0 Å². The third-order valence-electron chi connectivity index (χ3n) is 3.79. The molecule has 2 rings (SSSR count). The molecule has 0 atom stereocenters.